The molecule has 130 valence electrons. The molecule has 2 fully saturated rings. The third kappa shape index (κ3) is 2.99. The van der Waals surface area contributed by atoms with Crippen LogP contribution >= 0.6 is 0 Å². The quantitative estimate of drug-likeness (QED) is 0.245. The highest BCUT2D eigenvalue weighted by molar-refractivity contribution is 5.00. The van der Waals surface area contributed by atoms with Crippen LogP contribution in [0, 0.1) is 0 Å². The summed E-state index contributed by atoms with van der Waals surface area (Å²) < 4.78 is 10.1. The summed E-state index contributed by atoms with van der Waals surface area (Å²) in [7, 11) is 0. The van der Waals surface area contributed by atoms with Gasteiger partial charge >= 0.3 is 0 Å². The maximum Gasteiger partial charge on any atom is 0.184 e. The van der Waals surface area contributed by atoms with Gasteiger partial charge in [0.25, 0.3) is 0 Å². The molecule has 2 unspecified atom stereocenters. The van der Waals surface area contributed by atoms with Gasteiger partial charge in [0, 0.05) is 0 Å². The molecule has 2 rings (SSSR count). The Morgan fingerprint density at radius 3 is 1.64 bits per heavy atom. The molecule has 0 saturated carbocycles. The van der Waals surface area contributed by atoms with Crippen LogP contribution in [0.1, 0.15) is 6.92 Å². The first kappa shape index (κ1) is 17.9. The van der Waals surface area contributed by atoms with E-state index in [1.54, 1.807) is 0 Å². The topological polar surface area (TPSA) is 180 Å². The van der Waals surface area contributed by atoms with Gasteiger partial charge in [0.05, 0.1) is 6.10 Å². The molecule has 2 heterocycles. The molecule has 0 radical (unpaired) electrons. The van der Waals surface area contributed by atoms with Crippen molar-refractivity contribution in [3.8, 4) is 0 Å². The Labute approximate surface area is 125 Å². The first-order valence-corrected chi connectivity index (χ1v) is 6.92. The lowest BCUT2D eigenvalue weighted by molar-refractivity contribution is -0.317. The minimum atomic E-state index is -1.85. The normalized spacial score (nSPS) is 55.0. The van der Waals surface area contributed by atoms with Gasteiger partial charge in [-0.05, 0) is 6.92 Å². The van der Waals surface area contributed by atoms with Crippen molar-refractivity contribution in [2.24, 2.45) is 0 Å². The highest BCUT2D eigenvalue weighted by Gasteiger charge is 2.52. The van der Waals surface area contributed by atoms with Gasteiger partial charge in [-0.15, -0.1) is 0 Å². The van der Waals surface area contributed by atoms with Gasteiger partial charge in [0.2, 0.25) is 0 Å². The third-order valence-corrected chi connectivity index (χ3v) is 4.19. The van der Waals surface area contributed by atoms with Crippen molar-refractivity contribution >= 4 is 0 Å². The van der Waals surface area contributed by atoms with Gasteiger partial charge in [-0.25, -0.2) is 0 Å². The Morgan fingerprint density at radius 1 is 0.636 bits per heavy atom. The standard InChI is InChI=1S/C12H22O10/c1-2-3(13)4(14)6(16)10(21-2)9(19)11-7(17)5(15)8(18)12(20)22-11/h2-20H,1H3/t2-,3+,4+,5-,6-,7+,8+,9?,10+,11-,12?/m0/s1. The second-order valence-electron chi connectivity index (χ2n) is 5.73. The van der Waals surface area contributed by atoms with Gasteiger partial charge in [-0.3, -0.25) is 0 Å². The Kier molecular flexibility index (Phi) is 5.39. The van der Waals surface area contributed by atoms with E-state index in [4.69, 9.17) is 9.47 Å². The second-order valence-corrected chi connectivity index (χ2v) is 5.73. The summed E-state index contributed by atoms with van der Waals surface area (Å²) in [6, 6.07) is 0. The third-order valence-electron chi connectivity index (χ3n) is 4.19. The number of rotatable bonds is 2. The van der Waals surface area contributed by atoms with Crippen LogP contribution in [0.3, 0.4) is 0 Å². The predicted octanol–water partition coefficient (Wildman–Crippen LogP) is -4.98. The summed E-state index contributed by atoms with van der Waals surface area (Å²) in [5.41, 5.74) is 0. The monoisotopic (exact) mass is 326 g/mol. The molecule has 0 amide bonds. The van der Waals surface area contributed by atoms with Crippen LogP contribution < -0.4 is 0 Å². The lowest BCUT2D eigenvalue weighted by Gasteiger charge is -2.46. The fraction of sp³-hybridized carbons (Fsp3) is 1.00. The zero-order valence-corrected chi connectivity index (χ0v) is 11.7. The minimum absolute atomic E-state index is 0.917. The van der Waals surface area contributed by atoms with E-state index in [9.17, 15) is 40.9 Å². The zero-order valence-electron chi connectivity index (χ0n) is 11.7. The molecule has 2 aliphatic rings. The largest absolute Gasteiger partial charge is 0.388 e. The van der Waals surface area contributed by atoms with Crippen molar-refractivity contribution in [2.75, 3.05) is 0 Å². The van der Waals surface area contributed by atoms with Gasteiger partial charge in [-0.2, -0.15) is 0 Å². The Bertz CT molecular complexity index is 347. The predicted molar refractivity (Wildman–Crippen MR) is 67.3 cm³/mol. The van der Waals surface area contributed by atoms with E-state index >= 15 is 0 Å². The average molecular weight is 326 g/mol. The Morgan fingerprint density at radius 2 is 1.09 bits per heavy atom. The summed E-state index contributed by atoms with van der Waals surface area (Å²) in [6.07, 6.45) is -17.5. The number of ether oxygens (including phenoxy) is 2. The molecule has 8 N–H and O–H groups in total. The highest BCUT2D eigenvalue weighted by Crippen LogP contribution is 2.29. The van der Waals surface area contributed by atoms with Crippen LogP contribution in [0.15, 0.2) is 0 Å². The molecule has 2 saturated heterocycles. The van der Waals surface area contributed by atoms with Crippen molar-refractivity contribution in [3.05, 3.63) is 0 Å². The maximum absolute atomic E-state index is 10.2. The van der Waals surface area contributed by atoms with Crippen LogP contribution in [-0.2, 0) is 9.47 Å². The molecular formula is C12H22O10. The molecule has 0 spiro atoms. The second kappa shape index (κ2) is 6.61. The van der Waals surface area contributed by atoms with E-state index in [-0.39, 0.29) is 0 Å². The van der Waals surface area contributed by atoms with E-state index in [1.807, 2.05) is 0 Å². The van der Waals surface area contributed by atoms with Crippen LogP contribution in [0.5, 0.6) is 0 Å². The summed E-state index contributed by atoms with van der Waals surface area (Å²) >= 11 is 0. The molecule has 2 aliphatic heterocycles. The molecular weight excluding hydrogens is 304 g/mol. The van der Waals surface area contributed by atoms with Crippen molar-refractivity contribution in [1.29, 1.82) is 0 Å². The lowest BCUT2D eigenvalue weighted by Crippen LogP contribution is -2.67. The van der Waals surface area contributed by atoms with E-state index in [0.29, 0.717) is 0 Å². The van der Waals surface area contributed by atoms with E-state index in [0.717, 1.165) is 0 Å². The van der Waals surface area contributed by atoms with Crippen LogP contribution in [0.4, 0.5) is 0 Å². The number of hydrogen-bond acceptors (Lipinski definition) is 10. The lowest BCUT2D eigenvalue weighted by atomic mass is 9.87. The number of aliphatic hydroxyl groups is 8. The van der Waals surface area contributed by atoms with E-state index < -0.39 is 67.3 Å². The van der Waals surface area contributed by atoms with E-state index in [1.165, 1.54) is 6.92 Å². The van der Waals surface area contributed by atoms with Gasteiger partial charge in [-0.1, -0.05) is 0 Å². The first-order chi connectivity index (χ1) is 10.2. The smallest absolute Gasteiger partial charge is 0.184 e. The first-order valence-electron chi connectivity index (χ1n) is 6.92. The van der Waals surface area contributed by atoms with Gasteiger partial charge in [0.15, 0.2) is 6.29 Å². The minimum Gasteiger partial charge on any atom is -0.388 e. The Hall–Kier alpha value is -0.400. The SMILES string of the molecule is C[C@@H]1O[C@@H](C(O)[C@H]2OC(O)[C@H](O)[C@@H](O)[C@H]2O)[C@@H](O)[C@H](O)[C@@H]1O. The van der Waals surface area contributed by atoms with Gasteiger partial charge in [0.1, 0.15) is 54.9 Å². The molecule has 11 atom stereocenters. The van der Waals surface area contributed by atoms with Crippen LogP contribution in [0.25, 0.3) is 0 Å². The number of aliphatic hydroxyl groups excluding tert-OH is 8. The molecule has 0 aromatic carbocycles. The van der Waals surface area contributed by atoms with Crippen molar-refractivity contribution in [3.63, 3.8) is 0 Å². The molecule has 22 heavy (non-hydrogen) atoms. The molecule has 10 nitrogen and oxygen atoms in total. The van der Waals surface area contributed by atoms with Gasteiger partial charge < -0.3 is 50.3 Å². The zero-order chi connectivity index (χ0) is 16.8. The highest BCUT2D eigenvalue weighted by atomic mass is 16.6. The fourth-order valence-electron chi connectivity index (χ4n) is 2.72. The summed E-state index contributed by atoms with van der Waals surface area (Å²) in [6.45, 7) is 1.41. The summed E-state index contributed by atoms with van der Waals surface area (Å²) in [4.78, 5) is 0. The maximum atomic E-state index is 10.2. The molecule has 0 aliphatic carbocycles. The van der Waals surface area contributed by atoms with Crippen molar-refractivity contribution in [2.45, 2.75) is 74.3 Å². The fourth-order valence-corrected chi connectivity index (χ4v) is 2.72. The van der Waals surface area contributed by atoms with Crippen LogP contribution in [-0.4, -0.2) is 108 Å². The Balaban J connectivity index is 2.14. The number of hydrogen-bond donors (Lipinski definition) is 8. The molecule has 10 heteroatoms. The van der Waals surface area contributed by atoms with Crippen molar-refractivity contribution in [1.82, 2.24) is 0 Å². The summed E-state index contributed by atoms with van der Waals surface area (Å²) in [5.74, 6) is 0. The van der Waals surface area contributed by atoms with Crippen LogP contribution in [0.2, 0.25) is 0 Å². The molecule has 0 aromatic heterocycles. The molecule has 0 bridgehead atoms. The molecule has 0 aromatic rings. The van der Waals surface area contributed by atoms with E-state index in [2.05, 4.69) is 0 Å². The summed E-state index contributed by atoms with van der Waals surface area (Å²) in [5, 5.41) is 77.7. The average Bonchev–Trinajstić information content (AvgIpc) is 2.49. The van der Waals surface area contributed by atoms with Crippen molar-refractivity contribution < 1.29 is 50.3 Å².